The number of rotatable bonds is 3. The Kier molecular flexibility index (Phi) is 5.01. The number of hydrogen-bond acceptors (Lipinski definition) is 2. The van der Waals surface area contributed by atoms with Gasteiger partial charge in [0, 0.05) is 24.9 Å². The number of aryl methyl sites for hydroxylation is 2. The maximum absolute atomic E-state index is 12.4. The van der Waals surface area contributed by atoms with Crippen LogP contribution in [0.3, 0.4) is 0 Å². The minimum atomic E-state index is -0.0496. The fraction of sp³-hybridized carbons (Fsp3) is 0.562. The molecule has 1 aliphatic rings. The molecule has 110 valence electrons. The molecule has 1 unspecified atom stereocenters. The summed E-state index contributed by atoms with van der Waals surface area (Å²) in [6.45, 7) is 5.02. The number of hydrogen-bond donors (Lipinski definition) is 2. The van der Waals surface area contributed by atoms with Crippen LogP contribution in [-0.2, 0) is 0 Å². The summed E-state index contributed by atoms with van der Waals surface area (Å²) in [7, 11) is 0. The minimum Gasteiger partial charge on any atom is -0.396 e. The first-order chi connectivity index (χ1) is 9.61. The standard InChI is InChI=1S/C16H24N2O2/c1-12-6-7-14(11-13(12)2)17-16(20)18-9-4-3-5-15(18)8-10-19/h6-7,11,15,19H,3-5,8-10H2,1-2H3,(H,17,20). The summed E-state index contributed by atoms with van der Waals surface area (Å²) < 4.78 is 0. The smallest absolute Gasteiger partial charge is 0.322 e. The van der Waals surface area contributed by atoms with Crippen LogP contribution in [0.2, 0.25) is 0 Å². The summed E-state index contributed by atoms with van der Waals surface area (Å²) in [5, 5.41) is 12.1. The van der Waals surface area contributed by atoms with Crippen molar-refractivity contribution in [3.8, 4) is 0 Å². The van der Waals surface area contributed by atoms with Crippen LogP contribution in [0.1, 0.15) is 36.8 Å². The summed E-state index contributed by atoms with van der Waals surface area (Å²) in [4.78, 5) is 14.3. The number of amides is 2. The number of urea groups is 1. The van der Waals surface area contributed by atoms with Crippen LogP contribution in [0.25, 0.3) is 0 Å². The Bertz CT molecular complexity index is 472. The Hall–Kier alpha value is -1.55. The lowest BCUT2D eigenvalue weighted by Gasteiger charge is -2.35. The minimum absolute atomic E-state index is 0.0496. The molecule has 1 aromatic rings. The number of nitrogens with one attached hydrogen (secondary N) is 1. The van der Waals surface area contributed by atoms with E-state index in [2.05, 4.69) is 12.2 Å². The first-order valence-electron chi connectivity index (χ1n) is 7.37. The fourth-order valence-electron chi connectivity index (χ4n) is 2.73. The number of benzene rings is 1. The molecule has 1 aromatic carbocycles. The monoisotopic (exact) mass is 276 g/mol. The van der Waals surface area contributed by atoms with E-state index in [1.54, 1.807) is 0 Å². The maximum Gasteiger partial charge on any atom is 0.322 e. The number of likely N-dealkylation sites (tertiary alicyclic amines) is 1. The Morgan fingerprint density at radius 1 is 1.35 bits per heavy atom. The highest BCUT2D eigenvalue weighted by molar-refractivity contribution is 5.89. The van der Waals surface area contributed by atoms with Crippen LogP contribution in [0.5, 0.6) is 0 Å². The molecule has 1 heterocycles. The van der Waals surface area contributed by atoms with Crippen molar-refractivity contribution in [3.05, 3.63) is 29.3 Å². The molecule has 0 saturated carbocycles. The molecule has 1 aliphatic heterocycles. The van der Waals surface area contributed by atoms with Crippen LogP contribution in [-0.4, -0.2) is 35.2 Å². The predicted octanol–water partition coefficient (Wildman–Crippen LogP) is 3.07. The van der Waals surface area contributed by atoms with Gasteiger partial charge in [-0.25, -0.2) is 4.79 Å². The summed E-state index contributed by atoms with van der Waals surface area (Å²) in [6, 6.07) is 6.07. The molecule has 20 heavy (non-hydrogen) atoms. The highest BCUT2D eigenvalue weighted by Crippen LogP contribution is 2.21. The van der Waals surface area contributed by atoms with Crippen molar-refractivity contribution in [2.75, 3.05) is 18.5 Å². The average Bonchev–Trinajstić information content (AvgIpc) is 2.44. The van der Waals surface area contributed by atoms with Gasteiger partial charge in [-0.1, -0.05) is 6.07 Å². The van der Waals surface area contributed by atoms with Crippen LogP contribution in [0, 0.1) is 13.8 Å². The summed E-state index contributed by atoms with van der Waals surface area (Å²) in [5.74, 6) is 0. The molecule has 4 heteroatoms. The molecular weight excluding hydrogens is 252 g/mol. The Labute approximate surface area is 120 Å². The van der Waals surface area contributed by atoms with Gasteiger partial charge in [-0.15, -0.1) is 0 Å². The van der Waals surface area contributed by atoms with Gasteiger partial charge in [-0.2, -0.15) is 0 Å². The molecular formula is C16H24N2O2. The lowest BCUT2D eigenvalue weighted by atomic mass is 10.00. The van der Waals surface area contributed by atoms with Crippen LogP contribution < -0.4 is 5.32 Å². The number of anilines is 1. The topological polar surface area (TPSA) is 52.6 Å². The van der Waals surface area contributed by atoms with E-state index >= 15 is 0 Å². The third-order valence-electron chi connectivity index (χ3n) is 4.11. The second-order valence-corrected chi connectivity index (χ2v) is 5.58. The molecule has 0 spiro atoms. The van der Waals surface area contributed by atoms with Gasteiger partial charge in [0.1, 0.15) is 0 Å². The lowest BCUT2D eigenvalue weighted by molar-refractivity contribution is 0.141. The second-order valence-electron chi connectivity index (χ2n) is 5.58. The Morgan fingerprint density at radius 2 is 2.15 bits per heavy atom. The third kappa shape index (κ3) is 3.51. The molecule has 0 bridgehead atoms. The molecule has 0 aliphatic carbocycles. The van der Waals surface area contributed by atoms with E-state index in [-0.39, 0.29) is 18.7 Å². The Balaban J connectivity index is 2.03. The van der Waals surface area contributed by atoms with E-state index in [4.69, 9.17) is 5.11 Å². The van der Waals surface area contributed by atoms with Gasteiger partial charge in [0.25, 0.3) is 0 Å². The number of carbonyl (C=O) groups is 1. The molecule has 2 rings (SSSR count). The van der Waals surface area contributed by atoms with E-state index in [0.717, 1.165) is 31.5 Å². The quantitative estimate of drug-likeness (QED) is 0.891. The zero-order valence-corrected chi connectivity index (χ0v) is 12.4. The number of aliphatic hydroxyl groups excluding tert-OH is 1. The molecule has 2 N–H and O–H groups in total. The third-order valence-corrected chi connectivity index (χ3v) is 4.11. The molecule has 0 aromatic heterocycles. The van der Waals surface area contributed by atoms with Crippen molar-refractivity contribution in [2.24, 2.45) is 0 Å². The average molecular weight is 276 g/mol. The highest BCUT2D eigenvalue weighted by atomic mass is 16.3. The molecule has 4 nitrogen and oxygen atoms in total. The van der Waals surface area contributed by atoms with Gasteiger partial charge in [0.15, 0.2) is 0 Å². The van der Waals surface area contributed by atoms with Gasteiger partial charge >= 0.3 is 6.03 Å². The van der Waals surface area contributed by atoms with Crippen molar-refractivity contribution in [2.45, 2.75) is 45.6 Å². The highest BCUT2D eigenvalue weighted by Gasteiger charge is 2.26. The van der Waals surface area contributed by atoms with Gasteiger partial charge in [-0.05, 0) is 62.8 Å². The van der Waals surface area contributed by atoms with E-state index in [1.165, 1.54) is 11.1 Å². The Morgan fingerprint density at radius 3 is 2.85 bits per heavy atom. The molecule has 1 atom stereocenters. The zero-order chi connectivity index (χ0) is 14.5. The molecule has 2 amide bonds. The van der Waals surface area contributed by atoms with Crippen molar-refractivity contribution < 1.29 is 9.90 Å². The fourth-order valence-corrected chi connectivity index (χ4v) is 2.73. The SMILES string of the molecule is Cc1ccc(NC(=O)N2CCCCC2CCO)cc1C. The summed E-state index contributed by atoms with van der Waals surface area (Å²) >= 11 is 0. The van der Waals surface area contributed by atoms with Crippen molar-refractivity contribution in [1.29, 1.82) is 0 Å². The van der Waals surface area contributed by atoms with Gasteiger partial charge < -0.3 is 15.3 Å². The van der Waals surface area contributed by atoms with Gasteiger partial charge in [0.05, 0.1) is 0 Å². The van der Waals surface area contributed by atoms with Crippen LogP contribution in [0.4, 0.5) is 10.5 Å². The van der Waals surface area contributed by atoms with Crippen molar-refractivity contribution in [3.63, 3.8) is 0 Å². The number of piperidine rings is 1. The van der Waals surface area contributed by atoms with Crippen LogP contribution >= 0.6 is 0 Å². The number of aliphatic hydroxyl groups is 1. The van der Waals surface area contributed by atoms with E-state index in [9.17, 15) is 4.79 Å². The first kappa shape index (κ1) is 14.9. The first-order valence-corrected chi connectivity index (χ1v) is 7.37. The lowest BCUT2D eigenvalue weighted by Crippen LogP contribution is -2.46. The summed E-state index contributed by atoms with van der Waals surface area (Å²) in [6.07, 6.45) is 3.83. The number of nitrogens with zero attached hydrogens (tertiary/aromatic N) is 1. The summed E-state index contributed by atoms with van der Waals surface area (Å²) in [5.41, 5.74) is 3.24. The molecule has 1 saturated heterocycles. The molecule has 1 fully saturated rings. The van der Waals surface area contributed by atoms with Crippen molar-refractivity contribution >= 4 is 11.7 Å². The number of carbonyl (C=O) groups excluding carboxylic acids is 1. The van der Waals surface area contributed by atoms with Gasteiger partial charge in [-0.3, -0.25) is 0 Å². The largest absolute Gasteiger partial charge is 0.396 e. The maximum atomic E-state index is 12.4. The predicted molar refractivity (Wildman–Crippen MR) is 81.0 cm³/mol. The van der Waals surface area contributed by atoms with E-state index < -0.39 is 0 Å². The van der Waals surface area contributed by atoms with Crippen LogP contribution in [0.15, 0.2) is 18.2 Å². The second kappa shape index (κ2) is 6.75. The van der Waals surface area contributed by atoms with E-state index in [1.807, 2.05) is 30.0 Å². The van der Waals surface area contributed by atoms with Gasteiger partial charge in [0.2, 0.25) is 0 Å². The normalized spacial score (nSPS) is 18.9. The van der Waals surface area contributed by atoms with E-state index in [0.29, 0.717) is 6.42 Å². The zero-order valence-electron chi connectivity index (χ0n) is 12.4. The molecule has 0 radical (unpaired) electrons. The van der Waals surface area contributed by atoms with Crippen molar-refractivity contribution in [1.82, 2.24) is 4.90 Å².